The third-order valence-corrected chi connectivity index (χ3v) is 2.48. The quantitative estimate of drug-likeness (QED) is 0.608. The summed E-state index contributed by atoms with van der Waals surface area (Å²) < 4.78 is 3.08. The van der Waals surface area contributed by atoms with Gasteiger partial charge in [0.15, 0.2) is 0 Å². The maximum atomic E-state index is 3.08. The normalized spacial score (nSPS) is 11.3. The van der Waals surface area contributed by atoms with Crippen LogP contribution in [0.3, 0.4) is 0 Å². The summed E-state index contributed by atoms with van der Waals surface area (Å²) in [5, 5.41) is 0. The monoisotopic (exact) mass is 275 g/mol. The van der Waals surface area contributed by atoms with E-state index in [1.165, 1.54) is 5.56 Å². The fourth-order valence-corrected chi connectivity index (χ4v) is 1.39. The van der Waals surface area contributed by atoms with Crippen LogP contribution in [0.2, 0.25) is 0 Å². The zero-order chi connectivity index (χ0) is 9.19. The Hall–Kier alpha value is -0.250. The minimum Gasteiger partial charge on any atom is -0.328 e. The third-order valence-electron chi connectivity index (χ3n) is 1.86. The van der Waals surface area contributed by atoms with Crippen molar-refractivity contribution in [2.24, 2.45) is 0 Å². The predicted molar refractivity (Wildman–Crippen MR) is 62.8 cm³/mol. The lowest BCUT2D eigenvalue weighted by molar-refractivity contribution is 0.590. The second-order valence-electron chi connectivity index (χ2n) is 3.92. The second-order valence-corrected chi connectivity index (χ2v) is 4.46. The first-order chi connectivity index (χ1) is 5.54. The zero-order valence-corrected chi connectivity index (χ0v) is 9.84. The van der Waals surface area contributed by atoms with Crippen LogP contribution in [-0.4, -0.2) is 0 Å². The molecule has 0 bridgehead atoms. The lowest BCUT2D eigenvalue weighted by Crippen LogP contribution is -2.10. The highest BCUT2D eigenvalue weighted by Gasteiger charge is 2.12. The number of halogens is 1. The molecular weight excluding hydrogens is 261 g/mol. The fourth-order valence-electron chi connectivity index (χ4n) is 1.03. The van der Waals surface area contributed by atoms with Gasteiger partial charge in [-0.15, -0.1) is 0 Å². The summed E-state index contributed by atoms with van der Waals surface area (Å²) in [6, 6.07) is 8.54. The van der Waals surface area contributed by atoms with E-state index in [0.29, 0.717) is 0 Å². The van der Waals surface area contributed by atoms with Crippen molar-refractivity contribution in [1.29, 1.82) is 0 Å². The summed E-state index contributed by atoms with van der Waals surface area (Å²) in [5.41, 5.74) is 2.78. The van der Waals surface area contributed by atoms with Crippen molar-refractivity contribution in [3.8, 4) is 0 Å². The van der Waals surface area contributed by atoms with Crippen LogP contribution in [0.25, 0.3) is 0 Å². The highest BCUT2D eigenvalue weighted by Crippen LogP contribution is 2.23. The van der Waals surface area contributed by atoms with E-state index in [9.17, 15) is 0 Å². The number of nitrogens with one attached hydrogen (secondary N) is 1. The predicted octanol–water partition coefficient (Wildman–Crippen LogP) is 3.75. The number of anilines is 1. The summed E-state index contributed by atoms with van der Waals surface area (Å²) in [4.78, 5) is 0. The molecule has 0 radical (unpaired) electrons. The minimum absolute atomic E-state index is 0.254. The van der Waals surface area contributed by atoms with Gasteiger partial charge < -0.3 is 3.53 Å². The lowest BCUT2D eigenvalue weighted by Gasteiger charge is -2.18. The number of benzene rings is 1. The Morgan fingerprint density at radius 3 is 1.92 bits per heavy atom. The van der Waals surface area contributed by atoms with Crippen molar-refractivity contribution in [2.75, 3.05) is 3.53 Å². The summed E-state index contributed by atoms with van der Waals surface area (Å²) in [5.74, 6) is 0. The van der Waals surface area contributed by atoms with Gasteiger partial charge in [0.05, 0.1) is 22.9 Å². The van der Waals surface area contributed by atoms with Crippen molar-refractivity contribution in [3.05, 3.63) is 29.8 Å². The lowest BCUT2D eigenvalue weighted by atomic mass is 9.87. The van der Waals surface area contributed by atoms with Crippen molar-refractivity contribution in [3.63, 3.8) is 0 Å². The maximum Gasteiger partial charge on any atom is 0.0560 e. The topological polar surface area (TPSA) is 12.0 Å². The van der Waals surface area contributed by atoms with Gasteiger partial charge in [0.1, 0.15) is 0 Å². The van der Waals surface area contributed by atoms with Crippen molar-refractivity contribution >= 4 is 28.6 Å². The van der Waals surface area contributed by atoms with Crippen molar-refractivity contribution in [2.45, 2.75) is 26.2 Å². The fraction of sp³-hybridized carbons (Fsp3) is 0.400. The molecule has 2 heteroatoms. The van der Waals surface area contributed by atoms with Crippen LogP contribution in [0.15, 0.2) is 24.3 Å². The van der Waals surface area contributed by atoms with Gasteiger partial charge in [0.25, 0.3) is 0 Å². The van der Waals surface area contributed by atoms with Crippen molar-refractivity contribution < 1.29 is 0 Å². The molecule has 1 N–H and O–H groups in total. The van der Waals surface area contributed by atoms with Crippen LogP contribution in [0, 0.1) is 0 Å². The molecule has 0 atom stereocenters. The number of hydrogen-bond donors (Lipinski definition) is 1. The number of rotatable bonds is 1. The van der Waals surface area contributed by atoms with Gasteiger partial charge in [-0.1, -0.05) is 32.9 Å². The van der Waals surface area contributed by atoms with E-state index < -0.39 is 0 Å². The molecule has 0 aliphatic heterocycles. The standard InChI is InChI=1S/C10H14IN/c1-10(2,3)8-4-6-9(12-11)7-5-8/h4-7,12H,1-3H3. The first-order valence-electron chi connectivity index (χ1n) is 4.01. The summed E-state index contributed by atoms with van der Waals surface area (Å²) >= 11 is 2.14. The average Bonchev–Trinajstić information content (AvgIpc) is 2.03. The molecule has 0 saturated heterocycles. The Balaban J connectivity index is 2.93. The Morgan fingerprint density at radius 2 is 1.58 bits per heavy atom. The van der Waals surface area contributed by atoms with E-state index in [1.54, 1.807) is 0 Å². The van der Waals surface area contributed by atoms with E-state index in [1.807, 2.05) is 0 Å². The molecule has 1 rings (SSSR count). The highest BCUT2D eigenvalue weighted by atomic mass is 127. The molecule has 0 fully saturated rings. The van der Waals surface area contributed by atoms with Gasteiger partial charge in [-0.05, 0) is 23.1 Å². The van der Waals surface area contributed by atoms with Crippen LogP contribution in [0.5, 0.6) is 0 Å². The molecular formula is C10H14IN. The molecule has 1 nitrogen and oxygen atoms in total. The largest absolute Gasteiger partial charge is 0.328 e. The summed E-state index contributed by atoms with van der Waals surface area (Å²) in [6.45, 7) is 6.67. The van der Waals surface area contributed by atoms with Gasteiger partial charge in [-0.25, -0.2) is 0 Å². The Morgan fingerprint density at radius 1 is 1.08 bits per heavy atom. The van der Waals surface area contributed by atoms with Gasteiger partial charge in [-0.2, -0.15) is 0 Å². The van der Waals surface area contributed by atoms with Crippen LogP contribution in [0.1, 0.15) is 26.3 Å². The van der Waals surface area contributed by atoms with E-state index >= 15 is 0 Å². The van der Waals surface area contributed by atoms with Crippen molar-refractivity contribution in [1.82, 2.24) is 0 Å². The molecule has 0 aliphatic rings. The molecule has 0 saturated carbocycles. The summed E-state index contributed by atoms with van der Waals surface area (Å²) in [6.07, 6.45) is 0. The molecule has 0 spiro atoms. The van der Waals surface area contributed by atoms with Crippen LogP contribution in [-0.2, 0) is 5.41 Å². The minimum atomic E-state index is 0.254. The van der Waals surface area contributed by atoms with Crippen LogP contribution >= 0.6 is 22.9 Å². The Kier molecular flexibility index (Phi) is 2.99. The van der Waals surface area contributed by atoms with Gasteiger partial charge in [0, 0.05) is 5.69 Å². The molecule has 1 aromatic carbocycles. The Labute approximate surface area is 88.1 Å². The first kappa shape index (κ1) is 9.84. The smallest absolute Gasteiger partial charge is 0.0560 e. The maximum absolute atomic E-state index is 3.08. The molecule has 1 aromatic rings. The number of hydrogen-bond acceptors (Lipinski definition) is 1. The van der Waals surface area contributed by atoms with Gasteiger partial charge in [-0.3, -0.25) is 0 Å². The van der Waals surface area contributed by atoms with E-state index in [-0.39, 0.29) is 5.41 Å². The molecule has 66 valence electrons. The first-order valence-corrected chi connectivity index (χ1v) is 5.09. The second kappa shape index (κ2) is 3.64. The molecule has 12 heavy (non-hydrogen) atoms. The SMILES string of the molecule is CC(C)(C)c1ccc(NI)cc1. The molecule has 0 heterocycles. The van der Waals surface area contributed by atoms with Crippen LogP contribution in [0.4, 0.5) is 5.69 Å². The molecule has 0 amide bonds. The van der Waals surface area contributed by atoms with E-state index in [2.05, 4.69) is 71.4 Å². The van der Waals surface area contributed by atoms with Crippen LogP contribution < -0.4 is 3.53 Å². The molecule has 0 aromatic heterocycles. The zero-order valence-electron chi connectivity index (χ0n) is 7.69. The Bertz CT molecular complexity index is 246. The molecule has 0 unspecified atom stereocenters. The average molecular weight is 275 g/mol. The molecule has 0 aliphatic carbocycles. The van der Waals surface area contributed by atoms with Gasteiger partial charge >= 0.3 is 0 Å². The van der Waals surface area contributed by atoms with Gasteiger partial charge in [0.2, 0.25) is 0 Å². The highest BCUT2D eigenvalue weighted by molar-refractivity contribution is 14.1. The van der Waals surface area contributed by atoms with E-state index in [0.717, 1.165) is 5.69 Å². The summed E-state index contributed by atoms with van der Waals surface area (Å²) in [7, 11) is 0. The third kappa shape index (κ3) is 2.37. The van der Waals surface area contributed by atoms with E-state index in [4.69, 9.17) is 0 Å².